The van der Waals surface area contributed by atoms with Gasteiger partial charge in [-0.1, -0.05) is 18.2 Å². The van der Waals surface area contributed by atoms with E-state index in [2.05, 4.69) is 52.0 Å². The fourth-order valence-electron chi connectivity index (χ4n) is 4.51. The molecule has 0 bridgehead atoms. The van der Waals surface area contributed by atoms with Crippen LogP contribution in [0.1, 0.15) is 55.2 Å². The Balaban J connectivity index is 1.59. The van der Waals surface area contributed by atoms with Gasteiger partial charge in [0.25, 0.3) is 0 Å². The summed E-state index contributed by atoms with van der Waals surface area (Å²) in [6, 6.07) is 18.2. The van der Waals surface area contributed by atoms with Gasteiger partial charge in [-0.2, -0.15) is 0 Å². The highest BCUT2D eigenvalue weighted by molar-refractivity contribution is 5.89. The first-order valence-corrected chi connectivity index (χ1v) is 12.0. The van der Waals surface area contributed by atoms with Gasteiger partial charge >= 0.3 is 6.03 Å². The van der Waals surface area contributed by atoms with Crippen molar-refractivity contribution in [2.75, 3.05) is 19.0 Å². The van der Waals surface area contributed by atoms with Crippen molar-refractivity contribution >= 4 is 11.7 Å². The van der Waals surface area contributed by atoms with Crippen LogP contribution in [0.3, 0.4) is 0 Å². The van der Waals surface area contributed by atoms with Gasteiger partial charge in [-0.25, -0.2) is 4.79 Å². The first kappa shape index (κ1) is 23.6. The molecule has 0 radical (unpaired) electrons. The lowest BCUT2D eigenvalue weighted by molar-refractivity contribution is 0.200. The minimum absolute atomic E-state index is 0.127. The van der Waals surface area contributed by atoms with Crippen molar-refractivity contribution in [3.05, 3.63) is 83.7 Å². The van der Waals surface area contributed by atoms with E-state index in [0.717, 1.165) is 36.4 Å². The molecule has 6 heteroatoms. The van der Waals surface area contributed by atoms with Crippen LogP contribution in [0.5, 0.6) is 11.5 Å². The maximum absolute atomic E-state index is 11.8. The summed E-state index contributed by atoms with van der Waals surface area (Å²) in [5, 5.41) is 5.60. The molecule has 1 saturated carbocycles. The van der Waals surface area contributed by atoms with Gasteiger partial charge in [0, 0.05) is 30.5 Å². The van der Waals surface area contributed by atoms with Crippen molar-refractivity contribution in [2.45, 2.75) is 51.0 Å². The van der Waals surface area contributed by atoms with E-state index in [1.807, 2.05) is 37.5 Å². The van der Waals surface area contributed by atoms with Gasteiger partial charge in [0.05, 0.1) is 13.2 Å². The van der Waals surface area contributed by atoms with Crippen LogP contribution >= 0.6 is 0 Å². The van der Waals surface area contributed by atoms with Crippen LogP contribution in [0.25, 0.3) is 0 Å². The number of hydrogen-bond donors (Lipinski definition) is 2. The third kappa shape index (κ3) is 6.07. The van der Waals surface area contributed by atoms with Crippen LogP contribution in [-0.2, 0) is 6.42 Å². The van der Waals surface area contributed by atoms with Gasteiger partial charge in [-0.15, -0.1) is 0 Å². The number of carbonyl (C=O) groups is 1. The fourth-order valence-corrected chi connectivity index (χ4v) is 4.51. The maximum Gasteiger partial charge on any atom is 0.319 e. The van der Waals surface area contributed by atoms with Gasteiger partial charge in [0.2, 0.25) is 0 Å². The molecule has 4 rings (SSSR count). The predicted molar refractivity (Wildman–Crippen MR) is 135 cm³/mol. The lowest BCUT2D eigenvalue weighted by atomic mass is 9.86. The molecule has 6 nitrogen and oxygen atoms in total. The van der Waals surface area contributed by atoms with Crippen LogP contribution in [0.2, 0.25) is 0 Å². The average molecular weight is 460 g/mol. The van der Waals surface area contributed by atoms with Crippen molar-refractivity contribution < 1.29 is 14.3 Å². The number of nitrogens with zero attached hydrogens (tertiary/aromatic N) is 1. The summed E-state index contributed by atoms with van der Waals surface area (Å²) in [5.74, 6) is 1.71. The van der Waals surface area contributed by atoms with Crippen LogP contribution in [0.4, 0.5) is 10.5 Å². The molecule has 1 aliphatic carbocycles. The van der Waals surface area contributed by atoms with Crippen molar-refractivity contribution in [1.82, 2.24) is 10.3 Å². The van der Waals surface area contributed by atoms with Crippen molar-refractivity contribution in [1.29, 1.82) is 0 Å². The number of urea groups is 1. The smallest absolute Gasteiger partial charge is 0.319 e. The third-order valence-corrected chi connectivity index (χ3v) is 6.28. The van der Waals surface area contributed by atoms with Crippen molar-refractivity contribution in [3.63, 3.8) is 0 Å². The normalized spacial score (nSPS) is 14.4. The van der Waals surface area contributed by atoms with E-state index in [9.17, 15) is 4.79 Å². The van der Waals surface area contributed by atoms with E-state index in [0.29, 0.717) is 6.54 Å². The molecule has 0 saturated heterocycles. The third-order valence-electron chi connectivity index (χ3n) is 6.28. The quantitative estimate of drug-likeness (QED) is 0.416. The number of rotatable bonds is 9. The zero-order valence-corrected chi connectivity index (χ0v) is 19.9. The molecule has 2 aromatic carbocycles. The Morgan fingerprint density at radius 3 is 2.41 bits per heavy atom. The standard InChI is InChI=1S/C28H33N3O3/c1-3-30-28(32)31-23-11-8-20(9-12-23)18-25(21-14-16-29-17-15-21)22-10-13-26(33-2)27(19-22)34-24-6-4-5-7-24/h8-17,19,24-25H,3-7,18H2,1-2H3,(H2,30,31,32). The highest BCUT2D eigenvalue weighted by Gasteiger charge is 2.21. The largest absolute Gasteiger partial charge is 0.493 e. The first-order valence-electron chi connectivity index (χ1n) is 12.0. The van der Waals surface area contributed by atoms with Crippen molar-refractivity contribution in [2.24, 2.45) is 0 Å². The lowest BCUT2D eigenvalue weighted by Crippen LogP contribution is -2.28. The number of carbonyl (C=O) groups excluding carboxylic acids is 1. The van der Waals surface area contributed by atoms with Crippen LogP contribution in [0.15, 0.2) is 67.0 Å². The van der Waals surface area contributed by atoms with Crippen LogP contribution in [-0.4, -0.2) is 30.8 Å². The monoisotopic (exact) mass is 459 g/mol. The van der Waals surface area contributed by atoms with Crippen molar-refractivity contribution in [3.8, 4) is 11.5 Å². The topological polar surface area (TPSA) is 72.5 Å². The highest BCUT2D eigenvalue weighted by Crippen LogP contribution is 2.37. The molecule has 1 fully saturated rings. The van der Waals surface area contributed by atoms with E-state index >= 15 is 0 Å². The summed E-state index contributed by atoms with van der Waals surface area (Å²) in [6.45, 7) is 2.48. The SMILES string of the molecule is CCNC(=O)Nc1ccc(CC(c2ccncc2)c2ccc(OC)c(OC3CCCC3)c2)cc1. The summed E-state index contributed by atoms with van der Waals surface area (Å²) in [7, 11) is 1.69. The first-order chi connectivity index (χ1) is 16.7. The van der Waals surface area contributed by atoms with Gasteiger partial charge in [-0.05, 0) is 92.1 Å². The van der Waals surface area contributed by atoms with Crippen LogP contribution in [0, 0.1) is 0 Å². The number of anilines is 1. The molecule has 1 unspecified atom stereocenters. The molecule has 2 amide bonds. The summed E-state index contributed by atoms with van der Waals surface area (Å²) < 4.78 is 12.0. The second-order valence-corrected chi connectivity index (χ2v) is 8.65. The number of nitrogens with one attached hydrogen (secondary N) is 2. The zero-order chi connectivity index (χ0) is 23.8. The zero-order valence-electron chi connectivity index (χ0n) is 19.9. The summed E-state index contributed by atoms with van der Waals surface area (Å²) in [6.07, 6.45) is 9.36. The molecule has 1 atom stereocenters. The number of benzene rings is 2. The molecule has 178 valence electrons. The van der Waals surface area contributed by atoms with E-state index in [4.69, 9.17) is 9.47 Å². The Hall–Kier alpha value is -3.54. The molecule has 1 aliphatic rings. The molecule has 3 aromatic rings. The molecular weight excluding hydrogens is 426 g/mol. The summed E-state index contributed by atoms with van der Waals surface area (Å²) in [4.78, 5) is 16.0. The van der Waals surface area contributed by atoms with E-state index in [1.165, 1.54) is 29.5 Å². The van der Waals surface area contributed by atoms with Gasteiger partial charge in [0.1, 0.15) is 0 Å². The molecule has 1 heterocycles. The second kappa shape index (κ2) is 11.5. The van der Waals surface area contributed by atoms with Gasteiger partial charge in [-0.3, -0.25) is 4.98 Å². The molecule has 0 spiro atoms. The maximum atomic E-state index is 11.8. The summed E-state index contributed by atoms with van der Waals surface area (Å²) in [5.41, 5.74) is 4.31. The lowest BCUT2D eigenvalue weighted by Gasteiger charge is -2.22. The Labute approximate surface area is 201 Å². The van der Waals surface area contributed by atoms with E-state index in [1.54, 1.807) is 7.11 Å². The average Bonchev–Trinajstić information content (AvgIpc) is 3.37. The minimum Gasteiger partial charge on any atom is -0.493 e. The fraction of sp³-hybridized carbons (Fsp3) is 0.357. The van der Waals surface area contributed by atoms with E-state index in [-0.39, 0.29) is 18.1 Å². The Morgan fingerprint density at radius 2 is 1.74 bits per heavy atom. The number of methoxy groups -OCH3 is 1. The minimum atomic E-state index is -0.196. The number of pyridine rings is 1. The number of aromatic nitrogens is 1. The molecular formula is C28H33N3O3. The highest BCUT2D eigenvalue weighted by atomic mass is 16.5. The Kier molecular flexibility index (Phi) is 8.02. The summed E-state index contributed by atoms with van der Waals surface area (Å²) >= 11 is 0. The van der Waals surface area contributed by atoms with Gasteiger partial charge < -0.3 is 20.1 Å². The molecule has 34 heavy (non-hydrogen) atoms. The van der Waals surface area contributed by atoms with Crippen LogP contribution < -0.4 is 20.1 Å². The molecule has 0 aliphatic heterocycles. The second-order valence-electron chi connectivity index (χ2n) is 8.65. The van der Waals surface area contributed by atoms with Gasteiger partial charge in [0.15, 0.2) is 11.5 Å². The number of hydrogen-bond acceptors (Lipinski definition) is 4. The Morgan fingerprint density at radius 1 is 1.00 bits per heavy atom. The predicted octanol–water partition coefficient (Wildman–Crippen LogP) is 5.93. The number of ether oxygens (including phenoxy) is 2. The van der Waals surface area contributed by atoms with E-state index < -0.39 is 0 Å². The molecule has 1 aromatic heterocycles. The number of amides is 2. The molecule has 2 N–H and O–H groups in total. The Bertz CT molecular complexity index is 1060.